The molecule has 1 N–H and O–H groups in total. The zero-order valence-electron chi connectivity index (χ0n) is 11.7. The Labute approximate surface area is 114 Å². The summed E-state index contributed by atoms with van der Waals surface area (Å²) in [6.07, 6.45) is 1.60. The van der Waals surface area contributed by atoms with Crippen LogP contribution in [0.3, 0.4) is 0 Å². The third kappa shape index (κ3) is 4.25. The Bertz CT molecular complexity index is 495. The van der Waals surface area contributed by atoms with Gasteiger partial charge < -0.3 is 10.2 Å². The number of anilines is 1. The number of benzene rings is 1. The lowest BCUT2D eigenvalue weighted by atomic mass is 10.1. The molecule has 2 amide bonds. The fourth-order valence-corrected chi connectivity index (χ4v) is 1.86. The maximum atomic E-state index is 11.7. The van der Waals surface area contributed by atoms with E-state index in [-0.39, 0.29) is 18.4 Å². The molecule has 0 saturated carbocycles. The molecule has 0 aliphatic rings. The quantitative estimate of drug-likeness (QED) is 0.823. The largest absolute Gasteiger partial charge is 0.351 e. The fourth-order valence-electron chi connectivity index (χ4n) is 1.86. The van der Waals surface area contributed by atoms with Crippen molar-refractivity contribution in [2.24, 2.45) is 0 Å². The third-order valence-corrected chi connectivity index (χ3v) is 2.77. The van der Waals surface area contributed by atoms with Crippen LogP contribution in [0.2, 0.25) is 0 Å². The van der Waals surface area contributed by atoms with E-state index in [0.29, 0.717) is 6.54 Å². The minimum absolute atomic E-state index is 0.0209. The van der Waals surface area contributed by atoms with E-state index in [1.54, 1.807) is 6.08 Å². The summed E-state index contributed by atoms with van der Waals surface area (Å²) < 4.78 is 0. The number of nitrogens with zero attached hydrogens (tertiary/aromatic N) is 1. The number of carbonyl (C=O) groups is 2. The highest BCUT2D eigenvalue weighted by Crippen LogP contribution is 2.21. The van der Waals surface area contributed by atoms with Crippen LogP contribution in [0, 0.1) is 13.8 Å². The maximum absolute atomic E-state index is 11.7. The van der Waals surface area contributed by atoms with Crippen molar-refractivity contribution in [1.29, 1.82) is 0 Å². The molecule has 102 valence electrons. The van der Waals surface area contributed by atoms with E-state index in [1.807, 2.05) is 32.0 Å². The second kappa shape index (κ2) is 6.73. The van der Waals surface area contributed by atoms with Crippen molar-refractivity contribution in [1.82, 2.24) is 5.32 Å². The lowest BCUT2D eigenvalue weighted by Crippen LogP contribution is -2.40. The molecule has 19 heavy (non-hydrogen) atoms. The molecular weight excluding hydrogens is 240 g/mol. The molecule has 0 fully saturated rings. The van der Waals surface area contributed by atoms with Crippen LogP contribution in [0.25, 0.3) is 0 Å². The zero-order valence-corrected chi connectivity index (χ0v) is 11.7. The lowest BCUT2D eigenvalue weighted by molar-refractivity contribution is -0.122. The average Bonchev–Trinajstić information content (AvgIpc) is 2.34. The molecule has 4 nitrogen and oxygen atoms in total. The number of carbonyl (C=O) groups excluding carboxylic acids is 2. The zero-order chi connectivity index (χ0) is 14.4. The molecule has 0 aromatic heterocycles. The van der Waals surface area contributed by atoms with Crippen LogP contribution in [-0.2, 0) is 9.59 Å². The topological polar surface area (TPSA) is 49.4 Å². The van der Waals surface area contributed by atoms with Gasteiger partial charge >= 0.3 is 0 Å². The first-order chi connectivity index (χ1) is 8.95. The summed E-state index contributed by atoms with van der Waals surface area (Å²) in [4.78, 5) is 24.9. The first-order valence-electron chi connectivity index (χ1n) is 6.18. The van der Waals surface area contributed by atoms with E-state index >= 15 is 0 Å². The van der Waals surface area contributed by atoms with Crippen LogP contribution in [0.15, 0.2) is 30.9 Å². The van der Waals surface area contributed by atoms with E-state index < -0.39 is 0 Å². The predicted octanol–water partition coefficient (Wildman–Crippen LogP) is 1.96. The Balaban J connectivity index is 2.91. The predicted molar refractivity (Wildman–Crippen MR) is 77.1 cm³/mol. The number of rotatable bonds is 5. The second-order valence-electron chi connectivity index (χ2n) is 4.49. The van der Waals surface area contributed by atoms with Crippen molar-refractivity contribution in [3.05, 3.63) is 42.0 Å². The monoisotopic (exact) mass is 260 g/mol. The summed E-state index contributed by atoms with van der Waals surface area (Å²) in [5.74, 6) is -0.351. The van der Waals surface area contributed by atoms with Gasteiger partial charge in [0.1, 0.15) is 6.54 Å². The number of nitrogens with one attached hydrogen (secondary N) is 1. The summed E-state index contributed by atoms with van der Waals surface area (Å²) >= 11 is 0. The van der Waals surface area contributed by atoms with Crippen LogP contribution >= 0.6 is 0 Å². The standard InChI is InChI=1S/C15H20N2O2/c1-5-8-16-15(19)10-17(13(4)18)14-7-6-11(2)9-12(14)3/h5-7,9H,1,8,10H2,2-4H3,(H,16,19). The van der Waals surface area contributed by atoms with Gasteiger partial charge in [0, 0.05) is 19.2 Å². The van der Waals surface area contributed by atoms with Crippen LogP contribution < -0.4 is 10.2 Å². The smallest absolute Gasteiger partial charge is 0.240 e. The molecule has 0 bridgehead atoms. The fraction of sp³-hybridized carbons (Fsp3) is 0.333. The van der Waals surface area contributed by atoms with E-state index in [1.165, 1.54) is 11.8 Å². The third-order valence-electron chi connectivity index (χ3n) is 2.77. The second-order valence-corrected chi connectivity index (χ2v) is 4.49. The van der Waals surface area contributed by atoms with E-state index in [9.17, 15) is 9.59 Å². The van der Waals surface area contributed by atoms with Crippen molar-refractivity contribution in [2.45, 2.75) is 20.8 Å². The molecule has 0 radical (unpaired) electrons. The lowest BCUT2D eigenvalue weighted by Gasteiger charge is -2.22. The summed E-state index contributed by atoms with van der Waals surface area (Å²) in [6.45, 7) is 9.34. The average molecular weight is 260 g/mol. The summed E-state index contributed by atoms with van der Waals surface area (Å²) in [7, 11) is 0. The van der Waals surface area contributed by atoms with Crippen molar-refractivity contribution < 1.29 is 9.59 Å². The molecule has 1 aromatic carbocycles. The van der Waals surface area contributed by atoms with Gasteiger partial charge in [0.25, 0.3) is 0 Å². The van der Waals surface area contributed by atoms with Gasteiger partial charge in [-0.3, -0.25) is 9.59 Å². The Morgan fingerprint density at radius 2 is 2.05 bits per heavy atom. The Morgan fingerprint density at radius 3 is 2.58 bits per heavy atom. The minimum atomic E-state index is -0.199. The Morgan fingerprint density at radius 1 is 1.37 bits per heavy atom. The van der Waals surface area contributed by atoms with E-state index in [4.69, 9.17) is 0 Å². The van der Waals surface area contributed by atoms with Crippen molar-refractivity contribution in [3.8, 4) is 0 Å². The highest BCUT2D eigenvalue weighted by atomic mass is 16.2. The summed E-state index contributed by atoms with van der Waals surface area (Å²) in [5, 5.41) is 2.67. The van der Waals surface area contributed by atoms with Gasteiger partial charge in [-0.1, -0.05) is 23.8 Å². The molecule has 0 aliphatic heterocycles. The van der Waals surface area contributed by atoms with E-state index in [2.05, 4.69) is 11.9 Å². The summed E-state index contributed by atoms with van der Waals surface area (Å²) in [6, 6.07) is 5.79. The van der Waals surface area contributed by atoms with Crippen molar-refractivity contribution in [2.75, 3.05) is 18.0 Å². The van der Waals surface area contributed by atoms with Crippen LogP contribution in [0.5, 0.6) is 0 Å². The molecule has 0 unspecified atom stereocenters. The molecule has 1 rings (SSSR count). The normalized spacial score (nSPS) is 9.84. The Hall–Kier alpha value is -2.10. The van der Waals surface area contributed by atoms with Crippen molar-refractivity contribution in [3.63, 3.8) is 0 Å². The minimum Gasteiger partial charge on any atom is -0.351 e. The summed E-state index contributed by atoms with van der Waals surface area (Å²) in [5.41, 5.74) is 2.87. The molecule has 0 saturated heterocycles. The van der Waals surface area contributed by atoms with Crippen molar-refractivity contribution >= 4 is 17.5 Å². The molecule has 1 aromatic rings. The molecule has 0 aliphatic carbocycles. The Kier molecular flexibility index (Phi) is 5.30. The van der Waals surface area contributed by atoms with Crippen LogP contribution in [0.1, 0.15) is 18.1 Å². The van der Waals surface area contributed by atoms with Gasteiger partial charge in [-0.05, 0) is 25.5 Å². The van der Waals surface area contributed by atoms with Gasteiger partial charge in [-0.2, -0.15) is 0 Å². The molecular formula is C15H20N2O2. The van der Waals surface area contributed by atoms with Crippen LogP contribution in [0.4, 0.5) is 5.69 Å². The van der Waals surface area contributed by atoms with Crippen LogP contribution in [-0.4, -0.2) is 24.9 Å². The van der Waals surface area contributed by atoms with Gasteiger partial charge in [0.2, 0.25) is 11.8 Å². The van der Waals surface area contributed by atoms with Gasteiger partial charge in [-0.15, -0.1) is 6.58 Å². The first kappa shape index (κ1) is 15.0. The maximum Gasteiger partial charge on any atom is 0.240 e. The van der Waals surface area contributed by atoms with Gasteiger partial charge in [0.05, 0.1) is 0 Å². The molecule has 0 heterocycles. The number of hydrogen-bond acceptors (Lipinski definition) is 2. The number of amides is 2. The van der Waals surface area contributed by atoms with Gasteiger partial charge in [0.15, 0.2) is 0 Å². The molecule has 0 atom stereocenters. The molecule has 0 spiro atoms. The highest BCUT2D eigenvalue weighted by Gasteiger charge is 2.17. The number of aryl methyl sites for hydroxylation is 2. The SMILES string of the molecule is C=CCNC(=O)CN(C(C)=O)c1ccc(C)cc1C. The van der Waals surface area contributed by atoms with Gasteiger partial charge in [-0.25, -0.2) is 0 Å². The first-order valence-corrected chi connectivity index (χ1v) is 6.18. The van der Waals surface area contributed by atoms with E-state index in [0.717, 1.165) is 16.8 Å². The number of hydrogen-bond donors (Lipinski definition) is 1. The highest BCUT2D eigenvalue weighted by molar-refractivity contribution is 5.98. The molecule has 4 heteroatoms.